The van der Waals surface area contributed by atoms with Gasteiger partial charge in [0.2, 0.25) is 11.8 Å². The fourth-order valence-corrected chi connectivity index (χ4v) is 4.33. The van der Waals surface area contributed by atoms with Crippen molar-refractivity contribution in [2.45, 2.75) is 44.1 Å². The normalized spacial score (nSPS) is 20.2. The number of nitrogens with zero attached hydrogens (tertiary/aromatic N) is 2. The molecule has 2 aliphatic rings. The number of carbonyl (C=O) groups excluding carboxylic acids is 2. The smallest absolute Gasteiger partial charge is 0.225 e. The Bertz CT molecular complexity index is 860. The minimum Gasteiger partial charge on any atom is -0.487 e. The maximum absolute atomic E-state index is 12.7. The Kier molecular flexibility index (Phi) is 5.03. The number of benzene rings is 1. The van der Waals surface area contributed by atoms with Crippen LogP contribution < -0.4 is 10.1 Å². The summed E-state index contributed by atoms with van der Waals surface area (Å²) in [5.41, 5.74) is 1.49. The summed E-state index contributed by atoms with van der Waals surface area (Å²) in [5, 5.41) is 2.94. The molecule has 0 bridgehead atoms. The number of piperidine rings is 1. The number of anilines is 1. The monoisotopic (exact) mass is 379 g/mol. The van der Waals surface area contributed by atoms with Gasteiger partial charge in [-0.1, -0.05) is 18.2 Å². The number of rotatable bonds is 3. The van der Waals surface area contributed by atoms with Crippen LogP contribution in [0.3, 0.4) is 0 Å². The number of para-hydroxylation sites is 1. The topological polar surface area (TPSA) is 71.5 Å². The van der Waals surface area contributed by atoms with Crippen molar-refractivity contribution in [2.75, 3.05) is 18.4 Å². The molecular formula is C22H25N3O3. The molecule has 1 spiro atoms. The maximum atomic E-state index is 12.7. The highest BCUT2D eigenvalue weighted by Crippen LogP contribution is 2.46. The van der Waals surface area contributed by atoms with Gasteiger partial charge < -0.3 is 15.0 Å². The maximum Gasteiger partial charge on any atom is 0.225 e. The van der Waals surface area contributed by atoms with Gasteiger partial charge in [0.05, 0.1) is 11.9 Å². The number of fused-ring (bicyclic) bond motifs is 1. The largest absolute Gasteiger partial charge is 0.487 e. The van der Waals surface area contributed by atoms with Gasteiger partial charge in [-0.15, -0.1) is 0 Å². The molecule has 1 atom stereocenters. The van der Waals surface area contributed by atoms with E-state index < -0.39 is 0 Å². The highest BCUT2D eigenvalue weighted by atomic mass is 16.5. The Labute approximate surface area is 164 Å². The predicted molar refractivity (Wildman–Crippen MR) is 106 cm³/mol. The van der Waals surface area contributed by atoms with Crippen molar-refractivity contribution in [1.82, 2.24) is 9.88 Å². The van der Waals surface area contributed by atoms with E-state index in [-0.39, 0.29) is 23.3 Å². The fraction of sp³-hybridized carbons (Fsp3) is 0.409. The third-order valence-corrected chi connectivity index (χ3v) is 5.80. The molecule has 1 fully saturated rings. The third-order valence-electron chi connectivity index (χ3n) is 5.80. The number of likely N-dealkylation sites (tertiary alicyclic amines) is 1. The molecule has 2 aliphatic heterocycles. The second kappa shape index (κ2) is 7.62. The van der Waals surface area contributed by atoms with Crippen molar-refractivity contribution in [3.8, 4) is 5.75 Å². The minimum absolute atomic E-state index is 0.0222. The molecule has 4 rings (SSSR count). The van der Waals surface area contributed by atoms with Crippen LogP contribution in [0.1, 0.15) is 44.1 Å². The Morgan fingerprint density at radius 1 is 1.21 bits per heavy atom. The molecule has 0 saturated carbocycles. The van der Waals surface area contributed by atoms with Crippen molar-refractivity contribution in [3.63, 3.8) is 0 Å². The first-order valence-electron chi connectivity index (χ1n) is 9.78. The highest BCUT2D eigenvalue weighted by molar-refractivity contribution is 5.91. The number of ether oxygens (including phenoxy) is 1. The van der Waals surface area contributed by atoms with E-state index in [1.165, 1.54) is 0 Å². The van der Waals surface area contributed by atoms with Crippen molar-refractivity contribution >= 4 is 17.5 Å². The molecule has 1 unspecified atom stereocenters. The zero-order valence-electron chi connectivity index (χ0n) is 16.1. The molecule has 1 N–H and O–H groups in total. The molecule has 0 radical (unpaired) electrons. The van der Waals surface area contributed by atoms with Gasteiger partial charge in [0.15, 0.2) is 0 Å². The summed E-state index contributed by atoms with van der Waals surface area (Å²) in [7, 11) is 0. The number of pyridine rings is 1. The quantitative estimate of drug-likeness (QED) is 0.888. The summed E-state index contributed by atoms with van der Waals surface area (Å²) >= 11 is 0. The van der Waals surface area contributed by atoms with Crippen LogP contribution in [0.4, 0.5) is 5.69 Å². The Balaban J connectivity index is 1.51. The van der Waals surface area contributed by atoms with Crippen LogP contribution in [0.5, 0.6) is 5.75 Å². The van der Waals surface area contributed by atoms with Crippen molar-refractivity contribution in [2.24, 2.45) is 0 Å². The number of nitrogens with one attached hydrogen (secondary N) is 1. The van der Waals surface area contributed by atoms with Crippen LogP contribution in [0.25, 0.3) is 0 Å². The Morgan fingerprint density at radius 2 is 2.00 bits per heavy atom. The molecule has 28 heavy (non-hydrogen) atoms. The molecule has 1 aromatic carbocycles. The van der Waals surface area contributed by atoms with Gasteiger partial charge in [-0.05, 0) is 30.2 Å². The van der Waals surface area contributed by atoms with E-state index in [9.17, 15) is 9.59 Å². The number of carbonyl (C=O) groups is 2. The van der Waals surface area contributed by atoms with Crippen molar-refractivity contribution in [1.29, 1.82) is 0 Å². The minimum atomic E-state index is -0.306. The van der Waals surface area contributed by atoms with Crippen LogP contribution in [-0.4, -0.2) is 40.4 Å². The second-order valence-electron chi connectivity index (χ2n) is 7.72. The average Bonchev–Trinajstić information content (AvgIpc) is 2.69. The zero-order valence-corrected chi connectivity index (χ0v) is 16.1. The Hall–Kier alpha value is -2.89. The summed E-state index contributed by atoms with van der Waals surface area (Å²) in [5.74, 6) is 1.04. The lowest BCUT2D eigenvalue weighted by Crippen LogP contribution is -2.51. The first-order chi connectivity index (χ1) is 13.5. The molecule has 0 aliphatic carbocycles. The molecule has 3 heterocycles. The van der Waals surface area contributed by atoms with Crippen LogP contribution in [0, 0.1) is 0 Å². The zero-order chi connectivity index (χ0) is 19.6. The van der Waals surface area contributed by atoms with E-state index in [0.717, 1.165) is 30.6 Å². The lowest BCUT2D eigenvalue weighted by Gasteiger charge is -2.46. The second-order valence-corrected chi connectivity index (χ2v) is 7.72. The van der Waals surface area contributed by atoms with Gasteiger partial charge in [-0.3, -0.25) is 14.6 Å². The van der Waals surface area contributed by atoms with Crippen molar-refractivity contribution < 1.29 is 14.3 Å². The first kappa shape index (κ1) is 18.5. The predicted octanol–water partition coefficient (Wildman–Crippen LogP) is 3.36. The average molecular weight is 379 g/mol. The molecule has 2 amide bonds. The lowest BCUT2D eigenvalue weighted by atomic mass is 9.76. The van der Waals surface area contributed by atoms with Crippen molar-refractivity contribution in [3.05, 3.63) is 54.4 Å². The van der Waals surface area contributed by atoms with Gasteiger partial charge in [-0.25, -0.2) is 0 Å². The summed E-state index contributed by atoms with van der Waals surface area (Å²) in [6, 6.07) is 11.6. The number of hydrogen-bond donors (Lipinski definition) is 1. The summed E-state index contributed by atoms with van der Waals surface area (Å²) < 4.78 is 6.44. The highest BCUT2D eigenvalue weighted by Gasteiger charge is 2.43. The van der Waals surface area contributed by atoms with Gasteiger partial charge >= 0.3 is 0 Å². The molecule has 146 valence electrons. The van der Waals surface area contributed by atoms with E-state index >= 15 is 0 Å². The Morgan fingerprint density at radius 3 is 2.71 bits per heavy atom. The van der Waals surface area contributed by atoms with Gasteiger partial charge in [0.25, 0.3) is 0 Å². The van der Waals surface area contributed by atoms with E-state index in [1.54, 1.807) is 25.4 Å². The van der Waals surface area contributed by atoms with Gasteiger partial charge in [0, 0.05) is 51.4 Å². The molecule has 6 heteroatoms. The van der Waals surface area contributed by atoms with Crippen LogP contribution >= 0.6 is 0 Å². The summed E-state index contributed by atoms with van der Waals surface area (Å²) in [6.07, 6.45) is 6.10. The molecule has 6 nitrogen and oxygen atoms in total. The number of hydrogen-bond acceptors (Lipinski definition) is 4. The fourth-order valence-electron chi connectivity index (χ4n) is 4.33. The van der Waals surface area contributed by atoms with E-state index in [4.69, 9.17) is 4.74 Å². The van der Waals surface area contributed by atoms with Crippen LogP contribution in [0.15, 0.2) is 48.8 Å². The molecular weight excluding hydrogens is 354 g/mol. The lowest BCUT2D eigenvalue weighted by molar-refractivity contribution is -0.132. The third kappa shape index (κ3) is 3.86. The van der Waals surface area contributed by atoms with Crippen LogP contribution in [0.2, 0.25) is 0 Å². The number of aromatic nitrogens is 1. The SMILES string of the molecule is CC(=O)N1CCC2(CC1)CC(CC(=O)Nc1cccnc1)c1ccccc1O2. The molecule has 1 aromatic heterocycles. The van der Waals surface area contributed by atoms with E-state index in [2.05, 4.69) is 16.4 Å². The first-order valence-corrected chi connectivity index (χ1v) is 9.78. The van der Waals surface area contributed by atoms with Crippen LogP contribution in [-0.2, 0) is 9.59 Å². The molecule has 1 saturated heterocycles. The van der Waals surface area contributed by atoms with E-state index in [1.807, 2.05) is 29.2 Å². The van der Waals surface area contributed by atoms with Gasteiger partial charge in [0.1, 0.15) is 11.4 Å². The number of amides is 2. The summed E-state index contributed by atoms with van der Waals surface area (Å²) in [4.78, 5) is 30.3. The molecule has 2 aromatic rings. The van der Waals surface area contributed by atoms with Gasteiger partial charge in [-0.2, -0.15) is 0 Å². The summed E-state index contributed by atoms with van der Waals surface area (Å²) in [6.45, 7) is 3.01. The standard InChI is InChI=1S/C22H25N3O3/c1-16(26)25-11-8-22(9-12-25)14-17(19-6-2-3-7-20(19)28-22)13-21(27)24-18-5-4-10-23-15-18/h2-7,10,15,17H,8-9,11-14H2,1H3,(H,24,27). The van der Waals surface area contributed by atoms with E-state index in [0.29, 0.717) is 25.2 Å².